The molecular formula is C15H22N2O7S. The van der Waals surface area contributed by atoms with E-state index in [1.807, 2.05) is 0 Å². The SMILES string of the molecule is COC(=O)N1CCN(S(=O)(=O)c2c(OC)cc(OC)cc2OC)CC1. The maximum Gasteiger partial charge on any atom is 0.409 e. The van der Waals surface area contributed by atoms with E-state index in [1.165, 1.54) is 49.8 Å². The first-order valence-electron chi connectivity index (χ1n) is 7.52. The van der Waals surface area contributed by atoms with Gasteiger partial charge in [-0.2, -0.15) is 4.31 Å². The lowest BCUT2D eigenvalue weighted by molar-refractivity contribution is 0.107. The number of nitrogens with zero attached hydrogens (tertiary/aromatic N) is 2. The summed E-state index contributed by atoms with van der Waals surface area (Å²) in [5, 5.41) is 0. The number of hydrogen-bond acceptors (Lipinski definition) is 7. The van der Waals surface area contributed by atoms with Crippen LogP contribution in [0.1, 0.15) is 0 Å². The maximum atomic E-state index is 13.1. The summed E-state index contributed by atoms with van der Waals surface area (Å²) >= 11 is 0. The number of benzene rings is 1. The van der Waals surface area contributed by atoms with Gasteiger partial charge >= 0.3 is 6.09 Å². The minimum Gasteiger partial charge on any atom is -0.496 e. The minimum absolute atomic E-state index is 0.0650. The van der Waals surface area contributed by atoms with Gasteiger partial charge in [0.2, 0.25) is 0 Å². The van der Waals surface area contributed by atoms with Crippen LogP contribution in [0, 0.1) is 0 Å². The Labute approximate surface area is 147 Å². The highest BCUT2D eigenvalue weighted by atomic mass is 32.2. The van der Waals surface area contributed by atoms with Gasteiger partial charge in [-0.3, -0.25) is 0 Å². The third-order valence-electron chi connectivity index (χ3n) is 3.94. The summed E-state index contributed by atoms with van der Waals surface area (Å²) in [6.45, 7) is 0.783. The van der Waals surface area contributed by atoms with Gasteiger partial charge in [0.25, 0.3) is 10.0 Å². The van der Waals surface area contributed by atoms with E-state index in [1.54, 1.807) is 0 Å². The highest BCUT2D eigenvalue weighted by molar-refractivity contribution is 7.89. The monoisotopic (exact) mass is 374 g/mol. The first-order valence-corrected chi connectivity index (χ1v) is 8.96. The zero-order valence-corrected chi connectivity index (χ0v) is 15.5. The first-order chi connectivity index (χ1) is 11.9. The average Bonchev–Trinajstić information content (AvgIpc) is 2.65. The summed E-state index contributed by atoms with van der Waals surface area (Å²) in [7, 11) is 1.63. The molecule has 0 N–H and O–H groups in total. The number of rotatable bonds is 5. The predicted molar refractivity (Wildman–Crippen MR) is 88.8 cm³/mol. The second kappa shape index (κ2) is 7.79. The quantitative estimate of drug-likeness (QED) is 0.752. The molecule has 1 aliphatic heterocycles. The summed E-state index contributed by atoms with van der Waals surface area (Å²) in [6.07, 6.45) is -0.475. The third-order valence-corrected chi connectivity index (χ3v) is 5.90. The van der Waals surface area contributed by atoms with Crippen molar-refractivity contribution in [3.63, 3.8) is 0 Å². The lowest BCUT2D eigenvalue weighted by Gasteiger charge is -2.33. The molecule has 0 unspecified atom stereocenters. The van der Waals surface area contributed by atoms with E-state index in [-0.39, 0.29) is 42.6 Å². The standard InChI is InChI=1S/C15H22N2O7S/c1-21-11-9-12(22-2)14(13(10-11)23-3)25(19,20)17-7-5-16(6-8-17)15(18)24-4/h9-10H,5-8H2,1-4H3. The van der Waals surface area contributed by atoms with Gasteiger partial charge in [-0.05, 0) is 0 Å². The van der Waals surface area contributed by atoms with Crippen molar-refractivity contribution in [2.45, 2.75) is 4.90 Å². The van der Waals surface area contributed by atoms with E-state index in [0.29, 0.717) is 5.75 Å². The Morgan fingerprint density at radius 3 is 1.84 bits per heavy atom. The van der Waals surface area contributed by atoms with Gasteiger partial charge < -0.3 is 23.8 Å². The molecule has 10 heteroatoms. The Hall–Kier alpha value is -2.20. The molecule has 0 aliphatic carbocycles. The zero-order chi connectivity index (χ0) is 18.6. The summed E-state index contributed by atoms with van der Waals surface area (Å²) in [5.74, 6) is 0.682. The van der Waals surface area contributed by atoms with Crippen LogP contribution in [0.15, 0.2) is 17.0 Å². The van der Waals surface area contributed by atoms with Crippen LogP contribution in [0.25, 0.3) is 0 Å². The van der Waals surface area contributed by atoms with Crippen molar-refractivity contribution in [3.05, 3.63) is 12.1 Å². The average molecular weight is 374 g/mol. The van der Waals surface area contributed by atoms with Crippen molar-refractivity contribution < 1.29 is 32.2 Å². The fourth-order valence-corrected chi connectivity index (χ4v) is 4.29. The van der Waals surface area contributed by atoms with E-state index >= 15 is 0 Å². The molecule has 1 aromatic rings. The highest BCUT2D eigenvalue weighted by Crippen LogP contribution is 2.39. The van der Waals surface area contributed by atoms with Crippen molar-refractivity contribution in [2.75, 3.05) is 54.6 Å². The molecule has 140 valence electrons. The zero-order valence-electron chi connectivity index (χ0n) is 14.6. The van der Waals surface area contributed by atoms with E-state index < -0.39 is 16.1 Å². The van der Waals surface area contributed by atoms with Crippen LogP contribution < -0.4 is 14.2 Å². The topological polar surface area (TPSA) is 94.6 Å². The van der Waals surface area contributed by atoms with E-state index in [0.717, 1.165) is 0 Å². The Kier molecular flexibility index (Phi) is 5.96. The molecule has 0 atom stereocenters. The van der Waals surface area contributed by atoms with Crippen LogP contribution in [-0.2, 0) is 14.8 Å². The lowest BCUT2D eigenvalue weighted by Crippen LogP contribution is -2.50. The van der Waals surface area contributed by atoms with Crippen molar-refractivity contribution in [1.82, 2.24) is 9.21 Å². The summed E-state index contributed by atoms with van der Waals surface area (Å²) in [5.41, 5.74) is 0. The summed E-state index contributed by atoms with van der Waals surface area (Å²) in [6, 6.07) is 2.97. The van der Waals surface area contributed by atoms with Crippen LogP contribution >= 0.6 is 0 Å². The maximum absolute atomic E-state index is 13.1. The van der Waals surface area contributed by atoms with Crippen molar-refractivity contribution >= 4 is 16.1 Å². The number of carbonyl (C=O) groups excluding carboxylic acids is 1. The molecule has 1 aliphatic rings. The molecule has 1 fully saturated rings. The summed E-state index contributed by atoms with van der Waals surface area (Å²) < 4.78 is 47.7. The second-order valence-corrected chi connectivity index (χ2v) is 7.10. The number of sulfonamides is 1. The van der Waals surface area contributed by atoms with E-state index in [9.17, 15) is 13.2 Å². The van der Waals surface area contributed by atoms with Gasteiger partial charge in [-0.25, -0.2) is 13.2 Å². The predicted octanol–water partition coefficient (Wildman–Crippen LogP) is 0.785. The van der Waals surface area contributed by atoms with Crippen LogP contribution in [0.5, 0.6) is 17.2 Å². The van der Waals surface area contributed by atoms with Gasteiger partial charge in [0.1, 0.15) is 17.2 Å². The normalized spacial score (nSPS) is 15.6. The highest BCUT2D eigenvalue weighted by Gasteiger charge is 2.35. The van der Waals surface area contributed by atoms with Gasteiger partial charge in [0.05, 0.1) is 28.4 Å². The Bertz CT molecular complexity index is 702. The first kappa shape index (κ1) is 19.1. The number of amides is 1. The third kappa shape index (κ3) is 3.74. The van der Waals surface area contributed by atoms with Crippen LogP contribution in [0.2, 0.25) is 0 Å². The molecule has 0 bridgehead atoms. The molecule has 1 heterocycles. The number of methoxy groups -OCH3 is 4. The number of ether oxygens (including phenoxy) is 4. The lowest BCUT2D eigenvalue weighted by atomic mass is 10.3. The van der Waals surface area contributed by atoms with Crippen LogP contribution in [-0.4, -0.2) is 78.3 Å². The van der Waals surface area contributed by atoms with Gasteiger partial charge in [-0.1, -0.05) is 0 Å². The largest absolute Gasteiger partial charge is 0.496 e. The fraction of sp³-hybridized carbons (Fsp3) is 0.533. The van der Waals surface area contributed by atoms with Crippen LogP contribution in [0.3, 0.4) is 0 Å². The van der Waals surface area contributed by atoms with Gasteiger partial charge in [0.15, 0.2) is 4.90 Å². The Balaban J connectivity index is 2.36. The molecule has 0 radical (unpaired) electrons. The molecule has 25 heavy (non-hydrogen) atoms. The number of piperazine rings is 1. The molecule has 0 saturated carbocycles. The molecule has 9 nitrogen and oxygen atoms in total. The fourth-order valence-electron chi connectivity index (χ4n) is 2.60. The molecule has 1 amide bonds. The van der Waals surface area contributed by atoms with Crippen LogP contribution in [0.4, 0.5) is 4.79 Å². The van der Waals surface area contributed by atoms with Crippen molar-refractivity contribution in [2.24, 2.45) is 0 Å². The van der Waals surface area contributed by atoms with E-state index in [2.05, 4.69) is 4.74 Å². The molecule has 1 aromatic carbocycles. The Morgan fingerprint density at radius 2 is 1.44 bits per heavy atom. The van der Waals surface area contributed by atoms with E-state index in [4.69, 9.17) is 14.2 Å². The van der Waals surface area contributed by atoms with Gasteiger partial charge in [0, 0.05) is 38.3 Å². The van der Waals surface area contributed by atoms with Gasteiger partial charge in [-0.15, -0.1) is 0 Å². The molecule has 0 spiro atoms. The molecule has 0 aromatic heterocycles. The van der Waals surface area contributed by atoms with Crippen molar-refractivity contribution in [1.29, 1.82) is 0 Å². The smallest absolute Gasteiger partial charge is 0.409 e. The molecule has 1 saturated heterocycles. The second-order valence-electron chi connectivity index (χ2n) is 5.22. The summed E-state index contributed by atoms with van der Waals surface area (Å²) in [4.78, 5) is 12.9. The van der Waals surface area contributed by atoms with Crippen molar-refractivity contribution in [3.8, 4) is 17.2 Å². The minimum atomic E-state index is -3.88. The number of hydrogen-bond donors (Lipinski definition) is 0. The number of carbonyl (C=O) groups is 1. The Morgan fingerprint density at radius 1 is 0.920 bits per heavy atom. The molecular weight excluding hydrogens is 352 g/mol. The molecule has 2 rings (SSSR count).